The summed E-state index contributed by atoms with van der Waals surface area (Å²) in [5.41, 5.74) is 0.688. The molecule has 6 fully saturated rings. The minimum atomic E-state index is -0.411. The Morgan fingerprint density at radius 3 is 1.52 bits per heavy atom. The number of amides is 1. The number of hydrogen-bond acceptors (Lipinski definition) is 2. The molecular weight excluding hydrogens is 494 g/mol. The van der Waals surface area contributed by atoms with Crippen molar-refractivity contribution in [3.8, 4) is 0 Å². The van der Waals surface area contributed by atoms with Crippen LogP contribution in [0.15, 0.2) is 0 Å². The van der Waals surface area contributed by atoms with E-state index >= 15 is 0 Å². The van der Waals surface area contributed by atoms with Crippen molar-refractivity contribution in [2.45, 2.75) is 125 Å². The van der Waals surface area contributed by atoms with Gasteiger partial charge in [-0.3, -0.25) is 0 Å². The molecule has 0 aliphatic heterocycles. The van der Waals surface area contributed by atoms with Crippen molar-refractivity contribution in [1.82, 2.24) is 5.32 Å². The van der Waals surface area contributed by atoms with E-state index in [2.05, 4.69) is 44.1 Å². The highest BCUT2D eigenvalue weighted by Gasteiger charge is 2.47. The van der Waals surface area contributed by atoms with E-state index in [1.54, 1.807) is 0 Å². The molecule has 6 saturated carbocycles. The first-order valence-electron chi connectivity index (χ1n) is 11.8. The summed E-state index contributed by atoms with van der Waals surface area (Å²) in [6.45, 7) is 8.82. The van der Waals surface area contributed by atoms with Crippen LogP contribution in [0.3, 0.4) is 0 Å². The van der Waals surface area contributed by atoms with Gasteiger partial charge in [0.1, 0.15) is 5.60 Å². The van der Waals surface area contributed by atoms with Crippen molar-refractivity contribution in [1.29, 1.82) is 0 Å². The monoisotopic (exact) mass is 533 g/mol. The lowest BCUT2D eigenvalue weighted by molar-refractivity contribution is 0.0411. The Balaban J connectivity index is 0.000000186. The zero-order chi connectivity index (χ0) is 21.4. The molecule has 1 N–H and O–H groups in total. The van der Waals surface area contributed by atoms with E-state index < -0.39 is 5.60 Å². The molecular formula is C24H41Br2NO2. The first-order chi connectivity index (χ1) is 13.4. The Labute approximate surface area is 195 Å². The fourth-order valence-electron chi connectivity index (χ4n) is 5.80. The highest BCUT2D eigenvalue weighted by Crippen LogP contribution is 2.57. The van der Waals surface area contributed by atoms with Crippen LogP contribution in [0, 0.1) is 10.8 Å². The molecule has 0 aromatic carbocycles. The Bertz CT molecular complexity index is 549. The van der Waals surface area contributed by atoms with Crippen LogP contribution in [-0.4, -0.2) is 26.9 Å². The summed E-state index contributed by atoms with van der Waals surface area (Å²) < 4.78 is 6.27. The molecule has 6 aliphatic carbocycles. The predicted molar refractivity (Wildman–Crippen MR) is 128 cm³/mol. The second kappa shape index (κ2) is 8.64. The quantitative estimate of drug-likeness (QED) is 0.374. The molecule has 29 heavy (non-hydrogen) atoms. The van der Waals surface area contributed by atoms with Gasteiger partial charge >= 0.3 is 6.09 Å². The zero-order valence-electron chi connectivity index (χ0n) is 19.0. The Kier molecular flexibility index (Phi) is 7.11. The number of carbonyl (C=O) groups excluding carboxylic acids is 1. The van der Waals surface area contributed by atoms with Crippen molar-refractivity contribution in [3.05, 3.63) is 0 Å². The lowest BCUT2D eigenvalue weighted by Gasteiger charge is -2.51. The maximum atomic E-state index is 11.7. The third-order valence-electron chi connectivity index (χ3n) is 8.38. The van der Waals surface area contributed by atoms with Crippen molar-refractivity contribution in [3.63, 3.8) is 0 Å². The average Bonchev–Trinajstić information content (AvgIpc) is 2.68. The second-order valence-electron chi connectivity index (χ2n) is 11.5. The standard InChI is InChI=1S/C14H24BrNO2.C10H17Br/c1-12(2,3)18-11(17)16-10-13-4-7-14(15,8-5-13)9-6-13;1-2-9-3-6-10(11,7-4-9)8-5-9/h4-10H2,1-3H3,(H,16,17);2-8H2,1H3. The summed E-state index contributed by atoms with van der Waals surface area (Å²) in [6, 6.07) is 0. The number of ether oxygens (including phenoxy) is 1. The van der Waals surface area contributed by atoms with Crippen molar-refractivity contribution < 1.29 is 9.53 Å². The zero-order valence-corrected chi connectivity index (χ0v) is 22.1. The van der Waals surface area contributed by atoms with Gasteiger partial charge in [0.25, 0.3) is 0 Å². The van der Waals surface area contributed by atoms with Crippen LogP contribution in [-0.2, 0) is 4.74 Å². The van der Waals surface area contributed by atoms with E-state index in [1.165, 1.54) is 83.5 Å². The van der Waals surface area contributed by atoms with E-state index in [4.69, 9.17) is 4.74 Å². The van der Waals surface area contributed by atoms with Crippen LogP contribution >= 0.6 is 31.9 Å². The molecule has 0 saturated heterocycles. The van der Waals surface area contributed by atoms with E-state index in [1.807, 2.05) is 20.8 Å². The number of carbonyl (C=O) groups is 1. The van der Waals surface area contributed by atoms with Crippen LogP contribution in [0.4, 0.5) is 4.79 Å². The molecule has 0 spiro atoms. The molecule has 168 valence electrons. The highest BCUT2D eigenvalue weighted by atomic mass is 79.9. The van der Waals surface area contributed by atoms with Crippen LogP contribution in [0.2, 0.25) is 0 Å². The van der Waals surface area contributed by atoms with Gasteiger partial charge < -0.3 is 10.1 Å². The molecule has 0 heterocycles. The van der Waals surface area contributed by atoms with E-state index in [0.717, 1.165) is 12.0 Å². The van der Waals surface area contributed by atoms with Crippen LogP contribution in [0.1, 0.15) is 111 Å². The average molecular weight is 535 g/mol. The van der Waals surface area contributed by atoms with Crippen LogP contribution < -0.4 is 5.32 Å². The van der Waals surface area contributed by atoms with Gasteiger partial charge in [-0.25, -0.2) is 4.79 Å². The Morgan fingerprint density at radius 2 is 1.17 bits per heavy atom. The van der Waals surface area contributed by atoms with Crippen molar-refractivity contribution in [2.75, 3.05) is 6.54 Å². The SMILES string of the molecule is CC(C)(C)OC(=O)NCC12CCC(Br)(CC1)CC2.CCC12CCC(Br)(CC1)CC2. The largest absolute Gasteiger partial charge is 0.444 e. The number of halogens is 2. The summed E-state index contributed by atoms with van der Waals surface area (Å²) in [6.07, 6.45) is 17.2. The number of nitrogens with one attached hydrogen (secondary N) is 1. The lowest BCUT2D eigenvalue weighted by Crippen LogP contribution is -2.48. The Hall–Kier alpha value is 0.230. The maximum Gasteiger partial charge on any atom is 0.407 e. The van der Waals surface area contributed by atoms with Crippen molar-refractivity contribution >= 4 is 38.0 Å². The van der Waals surface area contributed by atoms with Gasteiger partial charge in [-0.1, -0.05) is 45.2 Å². The van der Waals surface area contributed by atoms with E-state index in [-0.39, 0.29) is 6.09 Å². The third-order valence-corrected chi connectivity index (χ3v) is 10.8. The first-order valence-corrected chi connectivity index (χ1v) is 13.3. The molecule has 0 aromatic rings. The summed E-state index contributed by atoms with van der Waals surface area (Å²) in [5.74, 6) is 0. The third kappa shape index (κ3) is 6.14. The molecule has 0 aromatic heterocycles. The normalized spacial score (nSPS) is 40.8. The molecule has 1 amide bonds. The van der Waals surface area contributed by atoms with Gasteiger partial charge in [-0.05, 0) is 109 Å². The van der Waals surface area contributed by atoms with Gasteiger partial charge in [0.2, 0.25) is 0 Å². The number of rotatable bonds is 3. The topological polar surface area (TPSA) is 38.3 Å². The molecule has 0 unspecified atom stereocenters. The summed E-state index contributed by atoms with van der Waals surface area (Å²) in [5, 5.41) is 2.96. The van der Waals surface area contributed by atoms with Gasteiger partial charge in [-0.15, -0.1) is 0 Å². The Morgan fingerprint density at radius 1 is 0.793 bits per heavy atom. The van der Waals surface area contributed by atoms with Gasteiger partial charge in [0.05, 0.1) is 0 Å². The molecule has 3 nitrogen and oxygen atoms in total. The molecule has 6 rings (SSSR count). The van der Waals surface area contributed by atoms with E-state index in [9.17, 15) is 4.79 Å². The first kappa shape index (κ1) is 23.9. The summed E-state index contributed by atoms with van der Waals surface area (Å²) in [4.78, 5) is 11.7. The number of alkyl halides is 2. The summed E-state index contributed by atoms with van der Waals surface area (Å²) in [7, 11) is 0. The fourth-order valence-corrected chi connectivity index (χ4v) is 6.99. The van der Waals surface area contributed by atoms with Crippen LogP contribution in [0.5, 0.6) is 0 Å². The predicted octanol–water partition coefficient (Wildman–Crippen LogP) is 7.88. The number of hydrogen-bond donors (Lipinski definition) is 1. The smallest absolute Gasteiger partial charge is 0.407 e. The van der Waals surface area contributed by atoms with Gasteiger partial charge in [0, 0.05) is 15.2 Å². The molecule has 6 aliphatic rings. The van der Waals surface area contributed by atoms with Gasteiger partial charge in [0.15, 0.2) is 0 Å². The van der Waals surface area contributed by atoms with Crippen LogP contribution in [0.25, 0.3) is 0 Å². The summed E-state index contributed by atoms with van der Waals surface area (Å²) >= 11 is 7.75. The fraction of sp³-hybridized carbons (Fsp3) is 0.958. The number of alkyl carbamates (subject to hydrolysis) is 1. The molecule has 4 bridgehead atoms. The van der Waals surface area contributed by atoms with Crippen molar-refractivity contribution in [2.24, 2.45) is 10.8 Å². The second-order valence-corrected chi connectivity index (χ2v) is 14.9. The van der Waals surface area contributed by atoms with Gasteiger partial charge in [-0.2, -0.15) is 0 Å². The van der Waals surface area contributed by atoms with E-state index in [0.29, 0.717) is 14.1 Å². The molecule has 0 atom stereocenters. The maximum absolute atomic E-state index is 11.7. The highest BCUT2D eigenvalue weighted by molar-refractivity contribution is 9.10. The number of fused-ring (bicyclic) bond motifs is 6. The molecule has 0 radical (unpaired) electrons. The lowest BCUT2D eigenvalue weighted by atomic mass is 9.59. The minimum Gasteiger partial charge on any atom is -0.444 e. The molecule has 5 heteroatoms. The minimum absolute atomic E-state index is 0.280.